The van der Waals surface area contributed by atoms with E-state index in [1.165, 1.54) is 0 Å². The van der Waals surface area contributed by atoms with Crippen LogP contribution in [0, 0.1) is 40.9 Å². The number of ketones is 1. The normalized spacial score (nSPS) is 37.4. The van der Waals surface area contributed by atoms with Crippen molar-refractivity contribution < 1.29 is 42.9 Å². The number of benzene rings is 1. The number of allylic oxidation sites excluding steroid dienone is 5. The predicted molar refractivity (Wildman–Crippen MR) is 210 cm³/mol. The molecule has 300 valence electrons. The maximum absolute atomic E-state index is 13.4. The highest BCUT2D eigenvalue weighted by molar-refractivity contribution is 6.03. The number of carbonyl (C=O) groups is 5. The number of Topliss-reactive ketones (excluding diaryl/α,β-unsaturated/α-hetero) is 1. The van der Waals surface area contributed by atoms with Crippen LogP contribution in [0.3, 0.4) is 0 Å². The van der Waals surface area contributed by atoms with Crippen LogP contribution in [-0.4, -0.2) is 35.3 Å². The molecule has 1 aromatic carbocycles. The van der Waals surface area contributed by atoms with Gasteiger partial charge in [0.1, 0.15) is 22.5 Å². The molecule has 5 aliphatic carbocycles. The van der Waals surface area contributed by atoms with Crippen LogP contribution >= 0.6 is 0 Å². The Balaban J connectivity index is 0.000000148. The van der Waals surface area contributed by atoms with E-state index in [-0.39, 0.29) is 59.2 Å². The van der Waals surface area contributed by atoms with Crippen molar-refractivity contribution in [2.45, 2.75) is 129 Å². The zero-order valence-electron chi connectivity index (χ0n) is 33.7. The van der Waals surface area contributed by atoms with Crippen molar-refractivity contribution in [2.24, 2.45) is 40.9 Å². The summed E-state index contributed by atoms with van der Waals surface area (Å²) in [6.07, 6.45) is 19.9. The molecule has 9 aliphatic rings. The zero-order chi connectivity index (χ0) is 39.9. The molecule has 0 amide bonds. The number of cyclic esters (lactones) is 2. The number of hydrogen-bond acceptors (Lipinski definition) is 9. The molecule has 0 radical (unpaired) electrons. The highest BCUT2D eigenvalue weighted by Crippen LogP contribution is 2.73. The molecule has 0 N–H and O–H groups in total. The lowest BCUT2D eigenvalue weighted by Gasteiger charge is -2.60. The van der Waals surface area contributed by atoms with E-state index in [9.17, 15) is 24.0 Å². The predicted octanol–water partition coefficient (Wildman–Crippen LogP) is 9.23. The molecular weight excluding hydrogens is 721 g/mol. The standard InChI is InChI=1S/C24H28O5.C24H26O4/c1-3-5-9-16-14-11-12-15-20(19(14)21(26)28-16)23-13-7-6-10-17(23)24(15,29-22(23)27)18(25)8-4-2;1-3-5-11-19-16-13-12-14-17(8-4-2)24(21(14)20(16)23(26)27-19)18-10-7-6-9-15(18)22(25)28-24/h7,9,13,15,17,20H,3-6,8,10-12H2,1-2H3;6-7,9-11,14,17,21H,3-5,8,12-13H2,1-2H3/b16-9-;19-11-/t15?,17-,20+,23?,24?;14?,17-,21?,24?/m00/s1. The lowest BCUT2D eigenvalue weighted by molar-refractivity contribution is -0.195. The Kier molecular flexibility index (Phi) is 9.40. The van der Waals surface area contributed by atoms with Gasteiger partial charge < -0.3 is 18.9 Å². The van der Waals surface area contributed by atoms with Gasteiger partial charge in [0.15, 0.2) is 11.4 Å². The lowest BCUT2D eigenvalue weighted by atomic mass is 9.45. The SMILES string of the molecule is CCC/C=C1\OC(=O)C2=C1CCC1C2C2(OC(=O)c3ccccc32)[C@H]1CCC.CCC/C=C1\OC(=O)C2=C1CCC1[C@H]2C23C=CCC[C@@H]2C1(C(=O)CCC)OC3=O. The lowest BCUT2D eigenvalue weighted by Crippen LogP contribution is -2.62. The second-order valence-corrected chi connectivity index (χ2v) is 17.5. The average Bonchev–Trinajstić information content (AvgIpc) is 3.97. The van der Waals surface area contributed by atoms with Crippen molar-refractivity contribution in [3.8, 4) is 0 Å². The van der Waals surface area contributed by atoms with Crippen molar-refractivity contribution >= 4 is 29.7 Å². The minimum Gasteiger partial charge on any atom is -0.450 e. The van der Waals surface area contributed by atoms with Gasteiger partial charge in [-0.1, -0.05) is 77.3 Å². The Morgan fingerprint density at radius 2 is 1.44 bits per heavy atom. The van der Waals surface area contributed by atoms with Gasteiger partial charge in [-0.15, -0.1) is 0 Å². The molecule has 9 atom stereocenters. The maximum Gasteiger partial charge on any atom is 0.340 e. The highest BCUT2D eigenvalue weighted by Gasteiger charge is 2.81. The van der Waals surface area contributed by atoms with Crippen LogP contribution in [0.25, 0.3) is 0 Å². The van der Waals surface area contributed by atoms with Crippen LogP contribution < -0.4 is 0 Å². The largest absolute Gasteiger partial charge is 0.450 e. The van der Waals surface area contributed by atoms with Crippen LogP contribution in [0.15, 0.2) is 82.4 Å². The first-order valence-corrected chi connectivity index (χ1v) is 21.7. The number of fused-ring (bicyclic) bond motifs is 8. The van der Waals surface area contributed by atoms with Crippen LogP contribution in [0.5, 0.6) is 0 Å². The molecular formula is C48H54O9. The Labute approximate surface area is 335 Å². The summed E-state index contributed by atoms with van der Waals surface area (Å²) in [7, 11) is 0. The Morgan fingerprint density at radius 3 is 2.11 bits per heavy atom. The van der Waals surface area contributed by atoms with E-state index in [0.29, 0.717) is 35.7 Å². The molecule has 4 heterocycles. The Bertz CT molecular complexity index is 2110. The number of unbranched alkanes of at least 4 members (excludes halogenated alkanes) is 2. The van der Waals surface area contributed by atoms with Crippen molar-refractivity contribution in [2.75, 3.05) is 0 Å². The topological polar surface area (TPSA) is 122 Å². The van der Waals surface area contributed by atoms with Gasteiger partial charge in [-0.2, -0.15) is 0 Å². The van der Waals surface area contributed by atoms with Crippen molar-refractivity contribution in [1.82, 2.24) is 0 Å². The van der Waals surface area contributed by atoms with E-state index in [0.717, 1.165) is 105 Å². The van der Waals surface area contributed by atoms with Crippen molar-refractivity contribution in [3.05, 3.63) is 93.5 Å². The van der Waals surface area contributed by atoms with Crippen LogP contribution in [0.2, 0.25) is 0 Å². The number of rotatable bonds is 9. The van der Waals surface area contributed by atoms with Gasteiger partial charge in [0.2, 0.25) is 0 Å². The average molecular weight is 775 g/mol. The van der Waals surface area contributed by atoms with Gasteiger partial charge in [0, 0.05) is 58.3 Å². The van der Waals surface area contributed by atoms with Gasteiger partial charge in [0.25, 0.3) is 0 Å². The first kappa shape index (κ1) is 38.0. The fourth-order valence-electron chi connectivity index (χ4n) is 12.9. The molecule has 1 aromatic rings. The monoisotopic (exact) mass is 774 g/mol. The first-order valence-electron chi connectivity index (χ1n) is 21.7. The molecule has 57 heavy (non-hydrogen) atoms. The summed E-state index contributed by atoms with van der Waals surface area (Å²) in [6.45, 7) is 8.36. The van der Waals surface area contributed by atoms with Gasteiger partial charge in [0.05, 0.1) is 11.1 Å². The number of carbonyl (C=O) groups excluding carboxylic acids is 5. The van der Waals surface area contributed by atoms with Crippen LogP contribution in [0.4, 0.5) is 0 Å². The molecule has 1 saturated heterocycles. The second-order valence-electron chi connectivity index (χ2n) is 17.5. The molecule has 1 spiro atoms. The van der Waals surface area contributed by atoms with E-state index in [4.69, 9.17) is 18.9 Å². The number of ether oxygens (including phenoxy) is 4. The molecule has 3 fully saturated rings. The summed E-state index contributed by atoms with van der Waals surface area (Å²) in [4.78, 5) is 65.3. The Hall–Kier alpha value is -4.53. The third-order valence-corrected chi connectivity index (χ3v) is 14.9. The van der Waals surface area contributed by atoms with Gasteiger partial charge in [-0.25, -0.2) is 14.4 Å². The molecule has 0 aromatic heterocycles. The van der Waals surface area contributed by atoms with Gasteiger partial charge in [-0.3, -0.25) is 9.59 Å². The third-order valence-electron chi connectivity index (χ3n) is 14.9. The van der Waals surface area contributed by atoms with E-state index < -0.39 is 16.6 Å². The molecule has 9 nitrogen and oxygen atoms in total. The fraction of sp³-hybridized carbons (Fsp3) is 0.562. The molecule has 4 aliphatic heterocycles. The molecule has 10 rings (SSSR count). The number of hydrogen-bond donors (Lipinski definition) is 0. The molecule has 9 heteroatoms. The minimum absolute atomic E-state index is 0.0418. The summed E-state index contributed by atoms with van der Waals surface area (Å²) < 4.78 is 23.5. The zero-order valence-corrected chi connectivity index (χ0v) is 33.7. The van der Waals surface area contributed by atoms with Crippen LogP contribution in [-0.2, 0) is 43.7 Å². The minimum atomic E-state index is -1.07. The van der Waals surface area contributed by atoms with Gasteiger partial charge in [-0.05, 0) is 88.3 Å². The quantitative estimate of drug-likeness (QED) is 0.137. The smallest absolute Gasteiger partial charge is 0.340 e. The maximum atomic E-state index is 13.4. The van der Waals surface area contributed by atoms with Crippen molar-refractivity contribution in [3.63, 3.8) is 0 Å². The summed E-state index contributed by atoms with van der Waals surface area (Å²) >= 11 is 0. The fourth-order valence-corrected chi connectivity index (χ4v) is 12.9. The van der Waals surface area contributed by atoms with E-state index in [1.807, 2.05) is 55.5 Å². The van der Waals surface area contributed by atoms with E-state index in [2.05, 4.69) is 20.8 Å². The Morgan fingerprint density at radius 1 is 0.772 bits per heavy atom. The molecule has 2 bridgehead atoms. The van der Waals surface area contributed by atoms with Crippen molar-refractivity contribution in [1.29, 1.82) is 0 Å². The van der Waals surface area contributed by atoms with Crippen LogP contribution in [0.1, 0.15) is 134 Å². The van der Waals surface area contributed by atoms with Gasteiger partial charge >= 0.3 is 23.9 Å². The first-order chi connectivity index (χ1) is 27.6. The third kappa shape index (κ3) is 5.02. The second kappa shape index (κ2) is 14.1. The highest BCUT2D eigenvalue weighted by atomic mass is 16.6. The molecule has 2 saturated carbocycles. The summed E-state index contributed by atoms with van der Waals surface area (Å²) in [5.74, 6) is 0.243. The summed E-state index contributed by atoms with van der Waals surface area (Å²) in [5.41, 5.74) is 2.37. The van der Waals surface area contributed by atoms with E-state index >= 15 is 0 Å². The van der Waals surface area contributed by atoms with E-state index in [1.54, 1.807) is 0 Å². The number of esters is 4. The summed E-state index contributed by atoms with van der Waals surface area (Å²) in [5, 5.41) is 0. The summed E-state index contributed by atoms with van der Waals surface area (Å²) in [6, 6.07) is 7.71. The molecule has 6 unspecified atom stereocenters.